The molecule has 1 saturated heterocycles. The number of morpholine rings is 1. The Bertz CT molecular complexity index is 640. The third-order valence-corrected chi connectivity index (χ3v) is 3.64. The highest BCUT2D eigenvalue weighted by molar-refractivity contribution is 5.95. The molecule has 1 fully saturated rings. The minimum Gasteiger partial charge on any atom is -0.484 e. The highest BCUT2D eigenvalue weighted by Gasteiger charge is 2.15. The largest absolute Gasteiger partial charge is 0.484 e. The lowest BCUT2D eigenvalue weighted by molar-refractivity contribution is -0.118. The maximum atomic E-state index is 12.1. The molecule has 1 amide bonds. The van der Waals surface area contributed by atoms with Gasteiger partial charge < -0.3 is 19.7 Å². The Morgan fingerprint density at radius 2 is 1.74 bits per heavy atom. The lowest BCUT2D eigenvalue weighted by atomic mass is 10.2. The Balaban J connectivity index is 1.62. The monoisotopic (exact) mass is 312 g/mol. The lowest BCUT2D eigenvalue weighted by Gasteiger charge is -2.30. The van der Waals surface area contributed by atoms with Crippen LogP contribution in [0.3, 0.4) is 0 Å². The molecule has 1 aliphatic heterocycles. The maximum Gasteiger partial charge on any atom is 0.262 e. The normalized spacial score (nSPS) is 14.3. The predicted molar refractivity (Wildman–Crippen MR) is 90.0 cm³/mol. The van der Waals surface area contributed by atoms with Crippen LogP contribution < -0.4 is 15.0 Å². The van der Waals surface area contributed by atoms with Gasteiger partial charge in [0, 0.05) is 13.1 Å². The molecule has 0 radical (unpaired) electrons. The molecule has 120 valence electrons. The second-order valence-electron chi connectivity index (χ2n) is 5.27. The van der Waals surface area contributed by atoms with Crippen molar-refractivity contribution in [2.24, 2.45) is 0 Å². The molecule has 0 bridgehead atoms. The number of carbonyl (C=O) groups excluding carboxylic acids is 1. The number of para-hydroxylation sites is 3. The van der Waals surface area contributed by atoms with E-state index in [1.807, 2.05) is 54.6 Å². The zero-order chi connectivity index (χ0) is 15.9. The Morgan fingerprint density at radius 1 is 1.04 bits per heavy atom. The maximum absolute atomic E-state index is 12.1. The molecule has 0 saturated carbocycles. The van der Waals surface area contributed by atoms with Crippen molar-refractivity contribution in [1.82, 2.24) is 0 Å². The molecule has 0 aliphatic carbocycles. The molecule has 1 aliphatic rings. The van der Waals surface area contributed by atoms with Crippen LogP contribution in [-0.4, -0.2) is 38.8 Å². The van der Waals surface area contributed by atoms with E-state index in [1.165, 1.54) is 0 Å². The SMILES string of the molecule is O=C(COc1ccccc1)Nc1ccccc1N1CCOCC1. The topological polar surface area (TPSA) is 50.8 Å². The smallest absolute Gasteiger partial charge is 0.262 e. The fourth-order valence-corrected chi connectivity index (χ4v) is 2.51. The van der Waals surface area contributed by atoms with Gasteiger partial charge in [0.25, 0.3) is 5.91 Å². The van der Waals surface area contributed by atoms with Crippen LogP contribution in [-0.2, 0) is 9.53 Å². The van der Waals surface area contributed by atoms with E-state index in [0.29, 0.717) is 19.0 Å². The number of ether oxygens (including phenoxy) is 2. The van der Waals surface area contributed by atoms with Crippen LogP contribution in [0.5, 0.6) is 5.75 Å². The van der Waals surface area contributed by atoms with E-state index >= 15 is 0 Å². The molecule has 0 spiro atoms. The van der Waals surface area contributed by atoms with Crippen molar-refractivity contribution in [3.63, 3.8) is 0 Å². The van der Waals surface area contributed by atoms with Gasteiger partial charge in [-0.15, -0.1) is 0 Å². The summed E-state index contributed by atoms with van der Waals surface area (Å²) in [5, 5.41) is 2.93. The number of hydrogen-bond acceptors (Lipinski definition) is 4. The van der Waals surface area contributed by atoms with Crippen molar-refractivity contribution < 1.29 is 14.3 Å². The van der Waals surface area contributed by atoms with Crippen molar-refractivity contribution >= 4 is 17.3 Å². The summed E-state index contributed by atoms with van der Waals surface area (Å²) in [4.78, 5) is 14.4. The fraction of sp³-hybridized carbons (Fsp3) is 0.278. The highest BCUT2D eigenvalue weighted by atomic mass is 16.5. The van der Waals surface area contributed by atoms with Gasteiger partial charge in [0.05, 0.1) is 24.6 Å². The Kier molecular flexibility index (Phi) is 5.11. The zero-order valence-corrected chi connectivity index (χ0v) is 12.9. The number of nitrogens with zero attached hydrogens (tertiary/aromatic N) is 1. The van der Waals surface area contributed by atoms with Crippen LogP contribution in [0.1, 0.15) is 0 Å². The molecule has 5 nitrogen and oxygen atoms in total. The third kappa shape index (κ3) is 4.23. The van der Waals surface area contributed by atoms with Crippen molar-refractivity contribution in [2.45, 2.75) is 0 Å². The Morgan fingerprint density at radius 3 is 2.52 bits per heavy atom. The van der Waals surface area contributed by atoms with Gasteiger partial charge in [0.1, 0.15) is 5.75 Å². The first kappa shape index (κ1) is 15.4. The van der Waals surface area contributed by atoms with Gasteiger partial charge in [-0.25, -0.2) is 0 Å². The predicted octanol–water partition coefficient (Wildman–Crippen LogP) is 2.54. The van der Waals surface area contributed by atoms with Crippen LogP contribution in [0, 0.1) is 0 Å². The van der Waals surface area contributed by atoms with Gasteiger partial charge in [-0.2, -0.15) is 0 Å². The number of carbonyl (C=O) groups is 1. The molecule has 2 aromatic carbocycles. The van der Waals surface area contributed by atoms with Crippen LogP contribution in [0.15, 0.2) is 54.6 Å². The number of hydrogen-bond donors (Lipinski definition) is 1. The van der Waals surface area contributed by atoms with Crippen LogP contribution in [0.2, 0.25) is 0 Å². The van der Waals surface area contributed by atoms with Crippen molar-refractivity contribution in [3.05, 3.63) is 54.6 Å². The molecule has 0 atom stereocenters. The minimum atomic E-state index is -0.172. The quantitative estimate of drug-likeness (QED) is 0.922. The average Bonchev–Trinajstić information content (AvgIpc) is 2.62. The lowest BCUT2D eigenvalue weighted by Crippen LogP contribution is -2.36. The zero-order valence-electron chi connectivity index (χ0n) is 12.9. The molecule has 23 heavy (non-hydrogen) atoms. The molecule has 0 unspecified atom stereocenters. The second-order valence-corrected chi connectivity index (χ2v) is 5.27. The van der Waals surface area contributed by atoms with Crippen molar-refractivity contribution in [2.75, 3.05) is 43.1 Å². The van der Waals surface area contributed by atoms with E-state index in [2.05, 4.69) is 10.2 Å². The van der Waals surface area contributed by atoms with Gasteiger partial charge in [-0.3, -0.25) is 4.79 Å². The summed E-state index contributed by atoms with van der Waals surface area (Å²) in [7, 11) is 0. The van der Waals surface area contributed by atoms with Gasteiger partial charge in [-0.1, -0.05) is 30.3 Å². The number of nitrogens with one attached hydrogen (secondary N) is 1. The summed E-state index contributed by atoms with van der Waals surface area (Å²) in [5.74, 6) is 0.513. The van der Waals surface area contributed by atoms with E-state index in [1.54, 1.807) is 0 Å². The van der Waals surface area contributed by atoms with Gasteiger partial charge in [-0.05, 0) is 24.3 Å². The summed E-state index contributed by atoms with van der Waals surface area (Å²) in [6.07, 6.45) is 0. The fourth-order valence-electron chi connectivity index (χ4n) is 2.51. The number of anilines is 2. The summed E-state index contributed by atoms with van der Waals surface area (Å²) < 4.78 is 10.9. The summed E-state index contributed by atoms with van der Waals surface area (Å²) in [6.45, 7) is 3.06. The Hall–Kier alpha value is -2.53. The van der Waals surface area contributed by atoms with Crippen molar-refractivity contribution in [3.8, 4) is 5.75 Å². The molecule has 1 heterocycles. The van der Waals surface area contributed by atoms with Crippen LogP contribution >= 0.6 is 0 Å². The van der Waals surface area contributed by atoms with E-state index in [0.717, 1.165) is 24.5 Å². The summed E-state index contributed by atoms with van der Waals surface area (Å²) in [5.41, 5.74) is 1.82. The van der Waals surface area contributed by atoms with Crippen LogP contribution in [0.4, 0.5) is 11.4 Å². The molecule has 2 aromatic rings. The first-order valence-corrected chi connectivity index (χ1v) is 7.72. The number of amides is 1. The summed E-state index contributed by atoms with van der Waals surface area (Å²) >= 11 is 0. The van der Waals surface area contributed by atoms with Crippen molar-refractivity contribution in [1.29, 1.82) is 0 Å². The number of rotatable bonds is 5. The van der Waals surface area contributed by atoms with Crippen LogP contribution in [0.25, 0.3) is 0 Å². The van der Waals surface area contributed by atoms with E-state index in [9.17, 15) is 4.79 Å². The molecular weight excluding hydrogens is 292 g/mol. The first-order chi connectivity index (χ1) is 11.3. The Labute approximate surface area is 135 Å². The molecular formula is C18H20N2O3. The second kappa shape index (κ2) is 7.65. The van der Waals surface area contributed by atoms with E-state index in [-0.39, 0.29) is 12.5 Å². The molecule has 3 rings (SSSR count). The molecule has 1 N–H and O–H groups in total. The minimum absolute atomic E-state index is 0.0124. The third-order valence-electron chi connectivity index (χ3n) is 3.64. The molecule has 5 heteroatoms. The summed E-state index contributed by atoms with van der Waals surface area (Å²) in [6, 6.07) is 17.1. The first-order valence-electron chi connectivity index (χ1n) is 7.72. The van der Waals surface area contributed by atoms with E-state index in [4.69, 9.17) is 9.47 Å². The molecule has 0 aromatic heterocycles. The number of benzene rings is 2. The van der Waals surface area contributed by atoms with Gasteiger partial charge in [0.15, 0.2) is 6.61 Å². The van der Waals surface area contributed by atoms with Gasteiger partial charge >= 0.3 is 0 Å². The average molecular weight is 312 g/mol. The standard InChI is InChI=1S/C18H20N2O3/c21-18(14-23-15-6-2-1-3-7-15)19-16-8-4-5-9-17(16)20-10-12-22-13-11-20/h1-9H,10-14H2,(H,19,21). The van der Waals surface area contributed by atoms with E-state index < -0.39 is 0 Å². The van der Waals surface area contributed by atoms with Gasteiger partial charge in [0.2, 0.25) is 0 Å². The highest BCUT2D eigenvalue weighted by Crippen LogP contribution is 2.26.